The van der Waals surface area contributed by atoms with E-state index in [1.54, 1.807) is 6.20 Å². The highest BCUT2D eigenvalue weighted by Gasteiger charge is 2.30. The Hall–Kier alpha value is -3.44. The Morgan fingerprint density at radius 2 is 1.87 bits per heavy atom. The fourth-order valence-corrected chi connectivity index (χ4v) is 4.83. The number of sulfonamides is 1. The highest BCUT2D eigenvalue weighted by molar-refractivity contribution is 7.89. The topological polar surface area (TPSA) is 134 Å². The lowest BCUT2D eigenvalue weighted by Gasteiger charge is -2.34. The molecule has 30 heavy (non-hydrogen) atoms. The number of aromatic amines is 1. The number of imidazole rings is 1. The van der Waals surface area contributed by atoms with E-state index in [0.717, 1.165) is 11.0 Å². The van der Waals surface area contributed by atoms with Gasteiger partial charge in [0.05, 0.1) is 23.5 Å². The van der Waals surface area contributed by atoms with Crippen molar-refractivity contribution < 1.29 is 12.8 Å². The highest BCUT2D eigenvalue weighted by Crippen LogP contribution is 2.26. The Kier molecular flexibility index (Phi) is 4.40. The SMILES string of the molecule is Nc1ncc(N2CCN(S(=O)(=O)c3ccoc3)CC2)nc1-c1nc2ccccc2[nH]1. The number of nitrogens with zero attached hydrogens (tertiary/aromatic N) is 5. The van der Waals surface area contributed by atoms with Crippen molar-refractivity contribution in [1.82, 2.24) is 24.2 Å². The standard InChI is InChI=1S/C19H19N7O3S/c20-18-17(19-22-14-3-1-2-4-15(14)23-19)24-16(11-21-18)25-6-8-26(9-7-25)30(27,28)13-5-10-29-12-13/h1-5,10-12H,6-9H2,(H2,20,21)(H,22,23). The molecule has 1 aromatic carbocycles. The van der Waals surface area contributed by atoms with E-state index in [4.69, 9.17) is 10.2 Å². The van der Waals surface area contributed by atoms with E-state index in [0.29, 0.717) is 43.5 Å². The molecule has 3 N–H and O–H groups in total. The maximum atomic E-state index is 12.7. The van der Waals surface area contributed by atoms with Gasteiger partial charge in [-0.05, 0) is 18.2 Å². The molecule has 0 radical (unpaired) electrons. The van der Waals surface area contributed by atoms with Crippen molar-refractivity contribution in [2.75, 3.05) is 36.8 Å². The molecule has 4 aromatic rings. The maximum Gasteiger partial charge on any atom is 0.246 e. The number of nitrogen functional groups attached to an aromatic ring is 1. The average molecular weight is 425 g/mol. The second kappa shape index (κ2) is 7.11. The van der Waals surface area contributed by atoms with Crippen LogP contribution in [0.25, 0.3) is 22.6 Å². The number of hydrogen-bond donors (Lipinski definition) is 2. The third-order valence-corrected chi connectivity index (χ3v) is 6.97. The first-order valence-electron chi connectivity index (χ1n) is 9.37. The van der Waals surface area contributed by atoms with E-state index in [-0.39, 0.29) is 10.7 Å². The van der Waals surface area contributed by atoms with Gasteiger partial charge in [0.15, 0.2) is 17.3 Å². The first kappa shape index (κ1) is 18.6. The fraction of sp³-hybridized carbons (Fsp3) is 0.211. The maximum absolute atomic E-state index is 12.7. The summed E-state index contributed by atoms with van der Waals surface area (Å²) in [6.45, 7) is 1.63. The molecule has 0 bridgehead atoms. The number of para-hydroxylation sites is 2. The molecule has 0 atom stereocenters. The van der Waals surface area contributed by atoms with Crippen molar-refractivity contribution >= 4 is 32.7 Å². The molecule has 5 rings (SSSR count). The van der Waals surface area contributed by atoms with Gasteiger partial charge in [0.25, 0.3) is 0 Å². The van der Waals surface area contributed by atoms with Crippen LogP contribution >= 0.6 is 0 Å². The number of hydrogen-bond acceptors (Lipinski definition) is 8. The molecular formula is C19H19N7O3S. The number of H-pyrrole nitrogens is 1. The molecule has 0 saturated carbocycles. The smallest absolute Gasteiger partial charge is 0.246 e. The van der Waals surface area contributed by atoms with E-state index in [9.17, 15) is 8.42 Å². The summed E-state index contributed by atoms with van der Waals surface area (Å²) in [5.74, 6) is 1.45. The zero-order chi connectivity index (χ0) is 20.7. The predicted octanol–water partition coefficient (Wildman–Crippen LogP) is 1.71. The molecule has 0 spiro atoms. The molecule has 1 saturated heterocycles. The normalized spacial score (nSPS) is 15.7. The van der Waals surface area contributed by atoms with Crippen molar-refractivity contribution in [3.63, 3.8) is 0 Å². The summed E-state index contributed by atoms with van der Waals surface area (Å²) < 4.78 is 31.7. The van der Waals surface area contributed by atoms with Crippen LogP contribution in [0.5, 0.6) is 0 Å². The van der Waals surface area contributed by atoms with Gasteiger partial charge in [0.2, 0.25) is 10.0 Å². The van der Waals surface area contributed by atoms with Gasteiger partial charge in [-0.3, -0.25) is 0 Å². The Morgan fingerprint density at radius 1 is 1.07 bits per heavy atom. The highest BCUT2D eigenvalue weighted by atomic mass is 32.2. The number of aromatic nitrogens is 4. The van der Waals surface area contributed by atoms with Gasteiger partial charge in [0, 0.05) is 26.2 Å². The first-order chi connectivity index (χ1) is 14.5. The average Bonchev–Trinajstić information content (AvgIpc) is 3.44. The summed E-state index contributed by atoms with van der Waals surface area (Å²) in [4.78, 5) is 18.9. The zero-order valence-corrected chi connectivity index (χ0v) is 16.7. The van der Waals surface area contributed by atoms with Crippen LogP contribution in [0.4, 0.5) is 11.6 Å². The summed E-state index contributed by atoms with van der Waals surface area (Å²) in [7, 11) is -3.56. The Labute approximate surface area is 172 Å². The minimum Gasteiger partial charge on any atom is -0.471 e. The molecule has 4 heterocycles. The number of piperazine rings is 1. The van der Waals surface area contributed by atoms with Gasteiger partial charge in [-0.1, -0.05) is 12.1 Å². The lowest BCUT2D eigenvalue weighted by atomic mass is 10.3. The summed E-state index contributed by atoms with van der Waals surface area (Å²) >= 11 is 0. The number of fused-ring (bicyclic) bond motifs is 1. The Balaban J connectivity index is 1.38. The van der Waals surface area contributed by atoms with Crippen LogP contribution in [0.1, 0.15) is 0 Å². The van der Waals surface area contributed by atoms with Crippen LogP contribution in [-0.4, -0.2) is 58.8 Å². The van der Waals surface area contributed by atoms with Crippen molar-refractivity contribution in [2.45, 2.75) is 4.90 Å². The molecule has 11 heteroatoms. The van der Waals surface area contributed by atoms with Crippen molar-refractivity contribution in [3.8, 4) is 11.5 Å². The van der Waals surface area contributed by atoms with Gasteiger partial charge >= 0.3 is 0 Å². The Bertz CT molecular complexity index is 1260. The van der Waals surface area contributed by atoms with Gasteiger partial charge in [-0.15, -0.1) is 0 Å². The molecule has 1 fully saturated rings. The van der Waals surface area contributed by atoms with E-state index in [1.165, 1.54) is 22.9 Å². The lowest BCUT2D eigenvalue weighted by Crippen LogP contribution is -2.48. The van der Waals surface area contributed by atoms with Crippen LogP contribution in [0.15, 0.2) is 58.4 Å². The molecule has 1 aliphatic heterocycles. The summed E-state index contributed by atoms with van der Waals surface area (Å²) in [5.41, 5.74) is 8.23. The monoisotopic (exact) mass is 425 g/mol. The summed E-state index contributed by atoms with van der Waals surface area (Å²) in [6.07, 6.45) is 4.20. The molecule has 154 valence electrons. The second-order valence-electron chi connectivity index (χ2n) is 6.91. The van der Waals surface area contributed by atoms with E-state index < -0.39 is 10.0 Å². The summed E-state index contributed by atoms with van der Waals surface area (Å²) in [6, 6.07) is 9.12. The number of nitrogens with two attached hydrogens (primary N) is 1. The van der Waals surface area contributed by atoms with Gasteiger partial charge < -0.3 is 20.0 Å². The first-order valence-corrected chi connectivity index (χ1v) is 10.8. The van der Waals surface area contributed by atoms with Crippen LogP contribution in [0.3, 0.4) is 0 Å². The van der Waals surface area contributed by atoms with Crippen LogP contribution < -0.4 is 10.6 Å². The largest absolute Gasteiger partial charge is 0.471 e. The van der Waals surface area contributed by atoms with E-state index in [2.05, 4.69) is 19.9 Å². The molecule has 10 nitrogen and oxygen atoms in total. The number of anilines is 2. The van der Waals surface area contributed by atoms with Gasteiger partial charge in [0.1, 0.15) is 17.0 Å². The lowest BCUT2D eigenvalue weighted by molar-refractivity contribution is 0.383. The van der Waals surface area contributed by atoms with E-state index >= 15 is 0 Å². The number of nitrogens with one attached hydrogen (secondary N) is 1. The van der Waals surface area contributed by atoms with Gasteiger partial charge in [-0.2, -0.15) is 4.31 Å². The molecule has 0 unspecified atom stereocenters. The molecule has 0 amide bonds. The molecular weight excluding hydrogens is 406 g/mol. The number of rotatable bonds is 4. The third-order valence-electron chi connectivity index (χ3n) is 5.10. The number of furan rings is 1. The molecule has 0 aliphatic carbocycles. The van der Waals surface area contributed by atoms with Crippen molar-refractivity contribution in [3.05, 3.63) is 49.1 Å². The predicted molar refractivity (Wildman–Crippen MR) is 111 cm³/mol. The summed E-state index contributed by atoms with van der Waals surface area (Å²) in [5, 5.41) is 0. The van der Waals surface area contributed by atoms with Crippen molar-refractivity contribution in [1.29, 1.82) is 0 Å². The Morgan fingerprint density at radius 3 is 2.60 bits per heavy atom. The zero-order valence-electron chi connectivity index (χ0n) is 15.9. The second-order valence-corrected chi connectivity index (χ2v) is 8.85. The van der Waals surface area contributed by atoms with Crippen LogP contribution in [0, 0.1) is 0 Å². The number of benzene rings is 1. The fourth-order valence-electron chi connectivity index (χ4n) is 3.49. The van der Waals surface area contributed by atoms with E-state index in [1.807, 2.05) is 29.2 Å². The quantitative estimate of drug-likeness (QED) is 0.505. The van der Waals surface area contributed by atoms with Crippen LogP contribution in [-0.2, 0) is 10.0 Å². The minimum atomic E-state index is -3.56. The minimum absolute atomic E-state index is 0.162. The van der Waals surface area contributed by atoms with Gasteiger partial charge in [-0.25, -0.2) is 23.4 Å². The van der Waals surface area contributed by atoms with Crippen LogP contribution in [0.2, 0.25) is 0 Å². The molecule has 1 aliphatic rings. The molecule has 3 aromatic heterocycles. The third kappa shape index (κ3) is 3.17. The van der Waals surface area contributed by atoms with Crippen molar-refractivity contribution in [2.24, 2.45) is 0 Å².